The average molecular weight is 479 g/mol. The lowest BCUT2D eigenvalue weighted by Gasteiger charge is -2.09. The Morgan fingerprint density at radius 2 is 1.03 bits per heavy atom. The van der Waals surface area contributed by atoms with E-state index in [2.05, 4.69) is 47.2 Å². The predicted octanol–water partition coefficient (Wildman–Crippen LogP) is 6.04. The third-order valence-electron chi connectivity index (χ3n) is 7.23. The monoisotopic (exact) mass is 478 g/mol. The molecule has 0 spiro atoms. The Balaban J connectivity index is 1.50. The molecule has 4 heterocycles. The summed E-state index contributed by atoms with van der Waals surface area (Å²) in [7, 11) is 0. The summed E-state index contributed by atoms with van der Waals surface area (Å²) >= 11 is 0. The van der Waals surface area contributed by atoms with E-state index in [9.17, 15) is 9.59 Å². The van der Waals surface area contributed by atoms with Crippen LogP contribution in [0.5, 0.6) is 0 Å². The van der Waals surface area contributed by atoms with Crippen LogP contribution in [0.3, 0.4) is 0 Å². The minimum absolute atomic E-state index is 0.217. The van der Waals surface area contributed by atoms with E-state index >= 15 is 0 Å². The molecule has 0 saturated carbocycles. The summed E-state index contributed by atoms with van der Waals surface area (Å²) in [6.07, 6.45) is 3.35. The first-order valence-corrected chi connectivity index (χ1v) is 12.2. The maximum absolute atomic E-state index is 13.0. The Kier molecular flexibility index (Phi) is 5.00. The van der Waals surface area contributed by atoms with Gasteiger partial charge < -0.3 is 18.6 Å². The fraction of sp³-hybridized carbons (Fsp3) is 0.200. The van der Waals surface area contributed by atoms with Crippen LogP contribution in [0, 0.1) is 13.8 Å². The van der Waals surface area contributed by atoms with Gasteiger partial charge in [0.1, 0.15) is 0 Å². The third-order valence-corrected chi connectivity index (χ3v) is 7.23. The van der Waals surface area contributed by atoms with E-state index in [0.29, 0.717) is 11.5 Å². The maximum atomic E-state index is 13.0. The molecular formula is C30H26N2O4. The number of ether oxygens (including phenoxy) is 2. The van der Waals surface area contributed by atoms with Crippen LogP contribution in [-0.2, 0) is 32.2 Å². The second-order valence-corrected chi connectivity index (χ2v) is 9.09. The number of hydrogen-bond acceptors (Lipinski definition) is 4. The Hall–Kier alpha value is -4.32. The number of cyclic esters (lactones) is 2. The van der Waals surface area contributed by atoms with Crippen LogP contribution in [0.2, 0.25) is 0 Å². The van der Waals surface area contributed by atoms with Gasteiger partial charge in [-0.1, -0.05) is 36.4 Å². The van der Waals surface area contributed by atoms with Gasteiger partial charge in [-0.2, -0.15) is 0 Å². The normalized spacial score (nSPS) is 17.7. The second kappa shape index (κ2) is 8.12. The highest BCUT2D eigenvalue weighted by atomic mass is 16.5. The fourth-order valence-corrected chi connectivity index (χ4v) is 5.60. The zero-order valence-corrected chi connectivity index (χ0v) is 20.7. The first-order valence-electron chi connectivity index (χ1n) is 12.2. The summed E-state index contributed by atoms with van der Waals surface area (Å²) in [5, 5.41) is 2.22. The zero-order chi connectivity index (χ0) is 25.1. The molecule has 0 atom stereocenters. The van der Waals surface area contributed by atoms with Gasteiger partial charge in [0.25, 0.3) is 0 Å². The summed E-state index contributed by atoms with van der Waals surface area (Å²) in [4.78, 5) is 26.0. The summed E-state index contributed by atoms with van der Waals surface area (Å²) < 4.78 is 15.7. The van der Waals surface area contributed by atoms with Gasteiger partial charge in [0, 0.05) is 34.9 Å². The molecule has 0 aliphatic carbocycles. The summed E-state index contributed by atoms with van der Waals surface area (Å²) in [6, 6.07) is 16.2. The molecular weight excluding hydrogens is 452 g/mol. The highest BCUT2D eigenvalue weighted by Crippen LogP contribution is 2.39. The Labute approximate surface area is 208 Å². The van der Waals surface area contributed by atoms with Gasteiger partial charge in [0.05, 0.1) is 22.5 Å². The molecule has 0 fully saturated rings. The number of hydrogen-bond donors (Lipinski definition) is 0. The highest BCUT2D eigenvalue weighted by Gasteiger charge is 2.35. The number of carbonyl (C=O) groups excluding carboxylic acids is 2. The van der Waals surface area contributed by atoms with Crippen molar-refractivity contribution in [1.29, 1.82) is 0 Å². The number of aromatic nitrogens is 2. The van der Waals surface area contributed by atoms with Gasteiger partial charge in [0.2, 0.25) is 0 Å². The van der Waals surface area contributed by atoms with E-state index in [-0.39, 0.29) is 11.1 Å². The summed E-state index contributed by atoms with van der Waals surface area (Å²) in [5.41, 5.74) is 6.35. The quantitative estimate of drug-likeness (QED) is 0.265. The molecule has 0 bridgehead atoms. The largest absolute Gasteiger partial charge is 0.421 e. The minimum Gasteiger partial charge on any atom is -0.421 e. The number of fused-ring (bicyclic) bond motifs is 2. The van der Waals surface area contributed by atoms with E-state index in [0.717, 1.165) is 57.4 Å². The number of nitrogens with zero attached hydrogens (tertiary/aromatic N) is 2. The van der Waals surface area contributed by atoms with Crippen molar-refractivity contribution < 1.29 is 19.1 Å². The van der Waals surface area contributed by atoms with Crippen LogP contribution in [0.15, 0.2) is 71.8 Å². The van der Waals surface area contributed by atoms with Crippen molar-refractivity contribution in [2.45, 2.75) is 40.8 Å². The van der Waals surface area contributed by atoms with Gasteiger partial charge in [-0.25, -0.2) is 9.59 Å². The standard InChI is InChI=1S/C30H26N2O4/c1-5-31-23-13-9-7-11-19(23)17(3)27(31)25-15-21(29(33)35-25)22-16-26(36-30(22)34)28-18(4)20-12-8-10-14-24(20)32(28)6-2/h7-16H,5-6H2,1-4H3/b22-21+. The first kappa shape index (κ1) is 22.2. The van der Waals surface area contributed by atoms with E-state index < -0.39 is 11.9 Å². The van der Waals surface area contributed by atoms with Crippen LogP contribution in [0.25, 0.3) is 33.3 Å². The second-order valence-electron chi connectivity index (χ2n) is 9.09. The molecule has 0 amide bonds. The van der Waals surface area contributed by atoms with Crippen LogP contribution < -0.4 is 0 Å². The average Bonchev–Trinajstić information content (AvgIpc) is 3.60. The highest BCUT2D eigenvalue weighted by molar-refractivity contribution is 6.13. The molecule has 180 valence electrons. The van der Waals surface area contributed by atoms with Crippen LogP contribution >= 0.6 is 0 Å². The van der Waals surface area contributed by atoms with Gasteiger partial charge in [-0.05, 0) is 63.1 Å². The molecule has 6 nitrogen and oxygen atoms in total. The third kappa shape index (κ3) is 3.04. The van der Waals surface area contributed by atoms with Crippen molar-refractivity contribution in [2.24, 2.45) is 0 Å². The summed E-state index contributed by atoms with van der Waals surface area (Å²) in [6.45, 7) is 9.61. The topological polar surface area (TPSA) is 62.5 Å². The first-order chi connectivity index (χ1) is 17.4. The molecule has 2 aromatic heterocycles. The van der Waals surface area contributed by atoms with Gasteiger partial charge in [0.15, 0.2) is 11.5 Å². The molecule has 0 N–H and O–H groups in total. The van der Waals surface area contributed by atoms with Crippen molar-refractivity contribution in [2.75, 3.05) is 0 Å². The molecule has 4 aromatic rings. The SMILES string of the molecule is CCn1c(C2=C/C(=C3/C=C(c4c(C)c5ccccc5n4CC)OC3=O)C(=O)O2)c(C)c2ccccc21. The van der Waals surface area contributed by atoms with Crippen molar-refractivity contribution in [3.8, 4) is 0 Å². The van der Waals surface area contributed by atoms with Crippen molar-refractivity contribution in [1.82, 2.24) is 9.13 Å². The number of esters is 2. The van der Waals surface area contributed by atoms with E-state index in [1.807, 2.05) is 38.1 Å². The number of carbonyl (C=O) groups is 2. The zero-order valence-electron chi connectivity index (χ0n) is 20.7. The summed E-state index contributed by atoms with van der Waals surface area (Å²) in [5.74, 6) is -0.192. The van der Waals surface area contributed by atoms with Crippen molar-refractivity contribution in [3.05, 3.63) is 94.3 Å². The number of aryl methyl sites for hydroxylation is 4. The molecule has 2 aliphatic heterocycles. The number of benzene rings is 2. The lowest BCUT2D eigenvalue weighted by molar-refractivity contribution is -0.133. The fourth-order valence-electron chi connectivity index (χ4n) is 5.60. The van der Waals surface area contributed by atoms with E-state index in [1.165, 1.54) is 0 Å². The number of para-hydroxylation sites is 2. The molecule has 2 aliphatic rings. The maximum Gasteiger partial charge on any atom is 0.344 e. The minimum atomic E-state index is -0.547. The predicted molar refractivity (Wildman–Crippen MR) is 140 cm³/mol. The van der Waals surface area contributed by atoms with E-state index in [1.54, 1.807) is 12.2 Å². The van der Waals surface area contributed by atoms with Crippen molar-refractivity contribution >= 4 is 45.3 Å². The van der Waals surface area contributed by atoms with Gasteiger partial charge in [-0.15, -0.1) is 0 Å². The molecule has 0 radical (unpaired) electrons. The smallest absolute Gasteiger partial charge is 0.344 e. The number of rotatable bonds is 4. The van der Waals surface area contributed by atoms with Gasteiger partial charge in [-0.3, -0.25) is 0 Å². The van der Waals surface area contributed by atoms with Crippen LogP contribution in [0.1, 0.15) is 36.4 Å². The lowest BCUT2D eigenvalue weighted by atomic mass is 10.1. The van der Waals surface area contributed by atoms with Crippen LogP contribution in [-0.4, -0.2) is 21.1 Å². The van der Waals surface area contributed by atoms with Gasteiger partial charge >= 0.3 is 11.9 Å². The van der Waals surface area contributed by atoms with Crippen molar-refractivity contribution in [3.63, 3.8) is 0 Å². The Morgan fingerprint density at radius 1 is 0.639 bits per heavy atom. The molecule has 36 heavy (non-hydrogen) atoms. The molecule has 6 rings (SSSR count). The lowest BCUT2D eigenvalue weighted by Crippen LogP contribution is -2.07. The van der Waals surface area contributed by atoms with Crippen LogP contribution in [0.4, 0.5) is 0 Å². The molecule has 0 unspecified atom stereocenters. The Bertz CT molecular complexity index is 1580. The molecule has 2 aromatic carbocycles. The molecule has 0 saturated heterocycles. The Morgan fingerprint density at radius 3 is 1.42 bits per heavy atom. The van der Waals surface area contributed by atoms with E-state index in [4.69, 9.17) is 9.47 Å². The molecule has 6 heteroatoms.